The second-order valence-corrected chi connectivity index (χ2v) is 6.99. The molecule has 0 aliphatic rings. The smallest absolute Gasteiger partial charge is 0.326 e. The molecule has 13 heteroatoms. The highest BCUT2D eigenvalue weighted by Crippen LogP contribution is 2.05. The van der Waals surface area contributed by atoms with Gasteiger partial charge in [0.15, 0.2) is 0 Å². The Morgan fingerprint density at radius 1 is 0.667 bits per heavy atom. The number of carbonyl (C=O) groups excluding carboxylic acids is 2. The first kappa shape index (κ1) is 27.2. The van der Waals surface area contributed by atoms with Gasteiger partial charge in [0.1, 0.15) is 24.2 Å². The molecule has 0 aromatic rings. The van der Waals surface area contributed by atoms with E-state index in [2.05, 4.69) is 10.6 Å². The van der Waals surface area contributed by atoms with Crippen molar-refractivity contribution >= 4 is 29.7 Å². The van der Waals surface area contributed by atoms with Gasteiger partial charge in [-0.15, -0.1) is 0 Å². The molecule has 5 atom stereocenters. The lowest BCUT2D eigenvalue weighted by atomic mass is 10.0. The molecule has 30 heavy (non-hydrogen) atoms. The number of rotatable bonds is 15. The van der Waals surface area contributed by atoms with Crippen LogP contribution in [0.4, 0.5) is 0 Å². The van der Waals surface area contributed by atoms with Gasteiger partial charge in [-0.2, -0.15) is 0 Å². The van der Waals surface area contributed by atoms with Crippen molar-refractivity contribution in [1.82, 2.24) is 10.6 Å². The highest BCUT2D eigenvalue weighted by Gasteiger charge is 2.25. The van der Waals surface area contributed by atoms with E-state index in [0.717, 1.165) is 0 Å². The minimum Gasteiger partial charge on any atom is -0.480 e. The highest BCUT2D eigenvalue weighted by atomic mass is 16.4. The van der Waals surface area contributed by atoms with E-state index >= 15 is 0 Å². The molecule has 13 nitrogen and oxygen atoms in total. The van der Waals surface area contributed by atoms with Crippen molar-refractivity contribution in [3.63, 3.8) is 0 Å². The Balaban J connectivity index is 4.49. The van der Waals surface area contributed by atoms with Gasteiger partial charge in [-0.1, -0.05) is 0 Å². The molecule has 0 aliphatic heterocycles. The number of nitrogens with one attached hydrogen (secondary N) is 2. The number of hydrogen-bond donors (Lipinski definition) is 8. The number of carbonyl (C=O) groups is 5. The summed E-state index contributed by atoms with van der Waals surface area (Å²) in [5.74, 6) is -5.07. The van der Waals surface area contributed by atoms with E-state index in [1.54, 1.807) is 0 Å². The molecule has 0 bridgehead atoms. The van der Waals surface area contributed by atoms with Crippen molar-refractivity contribution in [2.75, 3.05) is 0 Å². The Bertz CT molecular complexity index is 629. The van der Waals surface area contributed by atoms with Crippen molar-refractivity contribution in [1.29, 1.82) is 0 Å². The van der Waals surface area contributed by atoms with E-state index in [1.807, 2.05) is 0 Å². The zero-order valence-corrected chi connectivity index (χ0v) is 16.7. The zero-order chi connectivity index (χ0) is 23.4. The number of carboxylic acids is 3. The number of aliphatic carboxylic acids is 3. The second kappa shape index (κ2) is 13.5. The zero-order valence-electron chi connectivity index (χ0n) is 16.7. The highest BCUT2D eigenvalue weighted by molar-refractivity contribution is 5.91. The van der Waals surface area contributed by atoms with Crippen molar-refractivity contribution in [2.24, 2.45) is 17.2 Å². The predicted molar refractivity (Wildman–Crippen MR) is 104 cm³/mol. The standard InChI is InChI=1S/C17H31N5O8/c1-8(21-14(24)9(18)4-2-5-10(19)15(25)26)13(23)22-12(17(29)30)7-3-6-11(20)16(27)28/h8-12H,2-7,18-20H2,1H3,(H,21,24)(H,22,23)(H,25,26)(H,27,28)(H,29,30)/t8-,9+,10-,11+,12-/m1/s1. The minimum absolute atomic E-state index is 0.0356. The van der Waals surface area contributed by atoms with Crippen LogP contribution in [0.3, 0.4) is 0 Å². The predicted octanol–water partition coefficient (Wildman–Crippen LogP) is -2.45. The Morgan fingerprint density at radius 3 is 1.53 bits per heavy atom. The molecule has 0 radical (unpaired) electrons. The van der Waals surface area contributed by atoms with Crippen LogP contribution in [0.15, 0.2) is 0 Å². The fourth-order valence-electron chi connectivity index (χ4n) is 2.42. The van der Waals surface area contributed by atoms with Crippen LogP contribution in [0.25, 0.3) is 0 Å². The molecular formula is C17H31N5O8. The number of amides is 2. The third-order valence-electron chi connectivity index (χ3n) is 4.38. The van der Waals surface area contributed by atoms with Crippen LogP contribution in [-0.2, 0) is 24.0 Å². The van der Waals surface area contributed by atoms with Crippen LogP contribution in [0.1, 0.15) is 45.4 Å². The third-order valence-corrected chi connectivity index (χ3v) is 4.38. The number of nitrogens with two attached hydrogens (primary N) is 3. The van der Waals surface area contributed by atoms with Gasteiger partial charge < -0.3 is 43.2 Å². The van der Waals surface area contributed by atoms with E-state index < -0.39 is 59.9 Å². The van der Waals surface area contributed by atoms with Gasteiger partial charge in [0.25, 0.3) is 0 Å². The molecule has 0 fully saturated rings. The van der Waals surface area contributed by atoms with Crippen LogP contribution in [0, 0.1) is 0 Å². The first-order valence-corrected chi connectivity index (χ1v) is 9.42. The van der Waals surface area contributed by atoms with E-state index in [9.17, 15) is 29.1 Å². The summed E-state index contributed by atoms with van der Waals surface area (Å²) in [6, 6.07) is -5.52. The molecular weight excluding hydrogens is 402 g/mol. The van der Waals surface area contributed by atoms with Crippen molar-refractivity contribution < 1.29 is 39.3 Å². The van der Waals surface area contributed by atoms with Gasteiger partial charge in [-0.3, -0.25) is 19.2 Å². The van der Waals surface area contributed by atoms with Gasteiger partial charge >= 0.3 is 17.9 Å². The fourth-order valence-corrected chi connectivity index (χ4v) is 2.42. The maximum Gasteiger partial charge on any atom is 0.326 e. The first-order chi connectivity index (χ1) is 13.9. The fraction of sp³-hybridized carbons (Fsp3) is 0.706. The number of carboxylic acid groups (broad SMARTS) is 3. The summed E-state index contributed by atoms with van der Waals surface area (Å²) in [4.78, 5) is 56.8. The summed E-state index contributed by atoms with van der Waals surface area (Å²) in [6.07, 6.45) is 0.756. The van der Waals surface area contributed by atoms with Crippen LogP contribution < -0.4 is 27.8 Å². The second-order valence-electron chi connectivity index (χ2n) is 6.99. The molecule has 0 heterocycles. The van der Waals surface area contributed by atoms with Gasteiger partial charge in [0, 0.05) is 0 Å². The molecule has 0 saturated heterocycles. The SMILES string of the molecule is C[C@@H](NC(=O)[C@@H](N)CCC[C@@H](N)C(=O)O)C(=O)N[C@H](CCC[C@H](N)C(=O)O)C(=O)O. The summed E-state index contributed by atoms with van der Waals surface area (Å²) in [5.41, 5.74) is 16.4. The monoisotopic (exact) mass is 433 g/mol. The quantitative estimate of drug-likeness (QED) is 0.134. The van der Waals surface area contributed by atoms with Crippen LogP contribution >= 0.6 is 0 Å². The normalized spacial score (nSPS) is 15.9. The maximum atomic E-state index is 12.2. The lowest BCUT2D eigenvalue weighted by molar-refractivity contribution is -0.142. The average molecular weight is 433 g/mol. The summed E-state index contributed by atoms with van der Waals surface area (Å²) < 4.78 is 0. The van der Waals surface area contributed by atoms with Gasteiger partial charge in [0.2, 0.25) is 11.8 Å². The lowest BCUT2D eigenvalue weighted by Crippen LogP contribution is -2.53. The molecule has 0 aromatic carbocycles. The van der Waals surface area contributed by atoms with Gasteiger partial charge in [0.05, 0.1) is 6.04 Å². The van der Waals surface area contributed by atoms with Crippen LogP contribution in [0.5, 0.6) is 0 Å². The summed E-state index contributed by atoms with van der Waals surface area (Å²) in [5, 5.41) is 31.3. The Hall–Kier alpha value is -2.77. The topological polar surface area (TPSA) is 248 Å². The van der Waals surface area contributed by atoms with Crippen molar-refractivity contribution in [3.05, 3.63) is 0 Å². The molecule has 2 amide bonds. The molecule has 0 aromatic heterocycles. The van der Waals surface area contributed by atoms with Crippen LogP contribution in [-0.4, -0.2) is 75.3 Å². The Kier molecular flexibility index (Phi) is 12.2. The molecule has 172 valence electrons. The third kappa shape index (κ3) is 10.7. The van der Waals surface area contributed by atoms with Crippen molar-refractivity contribution in [2.45, 2.75) is 75.7 Å². The molecule has 11 N–H and O–H groups in total. The molecule has 0 aliphatic carbocycles. The van der Waals surface area contributed by atoms with Crippen molar-refractivity contribution in [3.8, 4) is 0 Å². The van der Waals surface area contributed by atoms with Gasteiger partial charge in [-0.25, -0.2) is 4.79 Å². The van der Waals surface area contributed by atoms with Gasteiger partial charge in [-0.05, 0) is 45.4 Å². The molecule has 0 spiro atoms. The maximum absolute atomic E-state index is 12.2. The molecule has 0 saturated carbocycles. The van der Waals surface area contributed by atoms with E-state index in [4.69, 9.17) is 27.4 Å². The van der Waals surface area contributed by atoms with E-state index in [0.29, 0.717) is 6.42 Å². The summed E-state index contributed by atoms with van der Waals surface area (Å²) >= 11 is 0. The number of hydrogen-bond acceptors (Lipinski definition) is 8. The summed E-state index contributed by atoms with van der Waals surface area (Å²) in [6.45, 7) is 1.35. The van der Waals surface area contributed by atoms with Crippen LogP contribution in [0.2, 0.25) is 0 Å². The van der Waals surface area contributed by atoms with E-state index in [1.165, 1.54) is 6.92 Å². The minimum atomic E-state index is -1.31. The molecule has 0 unspecified atom stereocenters. The lowest BCUT2D eigenvalue weighted by Gasteiger charge is -2.20. The van der Waals surface area contributed by atoms with E-state index in [-0.39, 0.29) is 32.1 Å². The first-order valence-electron chi connectivity index (χ1n) is 9.42. The molecule has 0 rings (SSSR count). The average Bonchev–Trinajstić information content (AvgIpc) is 2.65. The Morgan fingerprint density at radius 2 is 1.10 bits per heavy atom. The largest absolute Gasteiger partial charge is 0.480 e. The summed E-state index contributed by atoms with van der Waals surface area (Å²) in [7, 11) is 0. The Labute approximate surface area is 173 Å².